The van der Waals surface area contributed by atoms with Crippen LogP contribution >= 0.6 is 0 Å². The van der Waals surface area contributed by atoms with Gasteiger partial charge in [0.25, 0.3) is 23.6 Å². The Hall–Kier alpha value is -2.28. The zero-order chi connectivity index (χ0) is 13.5. The molecule has 0 spiro atoms. The number of nitrogens with one attached hydrogen (secondary N) is 2. The fourth-order valence-electron chi connectivity index (χ4n) is 0.808. The van der Waals surface area contributed by atoms with Gasteiger partial charge >= 0.3 is 0 Å². The van der Waals surface area contributed by atoms with Crippen LogP contribution in [-0.2, 0) is 23.9 Å². The summed E-state index contributed by atoms with van der Waals surface area (Å²) in [6, 6.07) is 0. The van der Waals surface area contributed by atoms with Gasteiger partial charge in [-0.25, -0.2) is 0 Å². The molecule has 18 heavy (non-hydrogen) atoms. The van der Waals surface area contributed by atoms with Crippen LogP contribution < -0.4 is 10.6 Å². The third-order valence-corrected chi connectivity index (χ3v) is 1.76. The highest BCUT2D eigenvalue weighted by molar-refractivity contribution is 6.13. The van der Waals surface area contributed by atoms with Crippen molar-refractivity contribution in [3.05, 3.63) is 24.3 Å². The fraction of sp³-hybridized carbons (Fsp3) is 0.273. The van der Waals surface area contributed by atoms with Gasteiger partial charge in [-0.3, -0.25) is 29.8 Å². The molecule has 3 aliphatic heterocycles. The van der Waals surface area contributed by atoms with Crippen molar-refractivity contribution in [1.82, 2.24) is 10.6 Å². The Morgan fingerprint density at radius 1 is 0.889 bits per heavy atom. The summed E-state index contributed by atoms with van der Waals surface area (Å²) >= 11 is 0. The smallest absolute Gasteiger partial charge is 0.250 e. The molecule has 7 nitrogen and oxygen atoms in total. The van der Waals surface area contributed by atoms with Crippen molar-refractivity contribution >= 4 is 23.6 Å². The minimum atomic E-state index is -0.329. The van der Waals surface area contributed by atoms with Crippen molar-refractivity contribution in [3.8, 4) is 0 Å². The summed E-state index contributed by atoms with van der Waals surface area (Å²) in [5, 5.41) is 4.06. The second-order valence-corrected chi connectivity index (χ2v) is 3.52. The largest absolute Gasteiger partial charge is 0.373 e. The van der Waals surface area contributed by atoms with E-state index in [1.807, 2.05) is 10.6 Å². The normalized spacial score (nSPS) is 22.6. The van der Waals surface area contributed by atoms with E-state index in [1.165, 1.54) is 24.3 Å². The molecule has 1 unspecified atom stereocenters. The number of hydrogen-bond acceptors (Lipinski definition) is 5. The summed E-state index contributed by atoms with van der Waals surface area (Å²) in [6.07, 6.45) is 5.37. The van der Waals surface area contributed by atoms with Crippen LogP contribution in [-0.4, -0.2) is 36.3 Å². The summed E-state index contributed by atoms with van der Waals surface area (Å²) < 4.78 is 4.71. The van der Waals surface area contributed by atoms with E-state index in [1.54, 1.807) is 0 Å². The second kappa shape index (κ2) is 6.45. The van der Waals surface area contributed by atoms with E-state index in [9.17, 15) is 19.2 Å². The molecular weight excluding hydrogens is 240 g/mol. The van der Waals surface area contributed by atoms with Gasteiger partial charge in [-0.2, -0.15) is 0 Å². The van der Waals surface area contributed by atoms with Crippen molar-refractivity contribution in [1.29, 1.82) is 0 Å². The molecule has 3 heterocycles. The Morgan fingerprint density at radius 2 is 1.11 bits per heavy atom. The average molecular weight is 252 g/mol. The molecule has 0 aromatic heterocycles. The molecule has 3 rings (SSSR count). The highest BCUT2D eigenvalue weighted by Gasteiger charge is 2.13. The van der Waals surface area contributed by atoms with Gasteiger partial charge in [0.1, 0.15) is 0 Å². The number of hydrogen-bond donors (Lipinski definition) is 2. The molecule has 4 amide bonds. The number of epoxide rings is 1. The van der Waals surface area contributed by atoms with E-state index in [0.29, 0.717) is 6.10 Å². The fourth-order valence-corrected chi connectivity index (χ4v) is 0.808. The van der Waals surface area contributed by atoms with Gasteiger partial charge in [0.2, 0.25) is 0 Å². The van der Waals surface area contributed by atoms with Crippen LogP contribution in [0.15, 0.2) is 24.3 Å². The highest BCUT2D eigenvalue weighted by atomic mass is 16.6. The Bertz CT molecular complexity index is 367. The zero-order valence-electron chi connectivity index (χ0n) is 9.64. The van der Waals surface area contributed by atoms with Crippen molar-refractivity contribution in [2.45, 2.75) is 13.0 Å². The molecule has 1 atom stereocenters. The number of carbonyl (C=O) groups excluding carboxylic acids is 4. The minimum absolute atomic E-state index is 0.329. The van der Waals surface area contributed by atoms with Crippen molar-refractivity contribution in [2.24, 2.45) is 0 Å². The maximum absolute atomic E-state index is 10.0. The molecule has 7 heteroatoms. The first-order valence-corrected chi connectivity index (χ1v) is 5.15. The molecule has 1 saturated heterocycles. The zero-order valence-corrected chi connectivity index (χ0v) is 9.64. The SMILES string of the molecule is CC1CO1.O=C1C=CC(=O)N1.O=C1C=CC(=O)N1. The molecule has 2 N–H and O–H groups in total. The molecule has 3 aliphatic rings. The summed E-state index contributed by atoms with van der Waals surface area (Å²) in [7, 11) is 0. The standard InChI is InChI=1S/2C4H3NO2.C3H6O/c2*6-3-1-2-4(7)5-3;1-3-2-4-3/h2*1-2H,(H,5,6,7);3H,2H2,1H3. The summed E-state index contributed by atoms with van der Waals surface area (Å²) in [4.78, 5) is 40.1. The van der Waals surface area contributed by atoms with Gasteiger partial charge in [-0.15, -0.1) is 0 Å². The van der Waals surface area contributed by atoms with Gasteiger partial charge in [0, 0.05) is 24.3 Å². The van der Waals surface area contributed by atoms with E-state index >= 15 is 0 Å². The molecule has 96 valence electrons. The lowest BCUT2D eigenvalue weighted by Gasteiger charge is -1.80. The number of carbonyl (C=O) groups is 4. The predicted molar refractivity (Wildman–Crippen MR) is 60.0 cm³/mol. The van der Waals surface area contributed by atoms with E-state index in [-0.39, 0.29) is 23.6 Å². The number of ether oxygens (including phenoxy) is 1. The number of imide groups is 2. The lowest BCUT2D eigenvalue weighted by molar-refractivity contribution is -0.125. The first-order chi connectivity index (χ1) is 8.47. The molecule has 1 fully saturated rings. The van der Waals surface area contributed by atoms with E-state index in [4.69, 9.17) is 4.74 Å². The lowest BCUT2D eigenvalue weighted by Crippen LogP contribution is -2.19. The van der Waals surface area contributed by atoms with Crippen molar-refractivity contribution in [2.75, 3.05) is 6.61 Å². The van der Waals surface area contributed by atoms with Crippen LogP contribution in [0.1, 0.15) is 6.92 Å². The molecular formula is C11H12N2O5. The first kappa shape index (κ1) is 13.8. The number of rotatable bonds is 0. The third kappa shape index (κ3) is 6.33. The highest BCUT2D eigenvalue weighted by Crippen LogP contribution is 2.04. The Kier molecular flexibility index (Phi) is 4.94. The second-order valence-electron chi connectivity index (χ2n) is 3.52. The van der Waals surface area contributed by atoms with Crippen molar-refractivity contribution < 1.29 is 23.9 Å². The molecule has 0 aliphatic carbocycles. The summed E-state index contributed by atoms with van der Waals surface area (Å²) in [6.45, 7) is 3.04. The van der Waals surface area contributed by atoms with Crippen LogP contribution in [0.5, 0.6) is 0 Å². The van der Waals surface area contributed by atoms with Gasteiger partial charge in [0.15, 0.2) is 0 Å². The van der Waals surface area contributed by atoms with Gasteiger partial charge < -0.3 is 4.74 Å². The average Bonchev–Trinajstić information content (AvgIpc) is 2.84. The summed E-state index contributed by atoms with van der Waals surface area (Å²) in [5.41, 5.74) is 0. The number of amides is 4. The Labute approximate surface area is 103 Å². The van der Waals surface area contributed by atoms with Crippen molar-refractivity contribution in [3.63, 3.8) is 0 Å². The van der Waals surface area contributed by atoms with Crippen LogP contribution in [0.3, 0.4) is 0 Å². The van der Waals surface area contributed by atoms with Gasteiger partial charge in [0.05, 0.1) is 12.7 Å². The van der Waals surface area contributed by atoms with E-state index < -0.39 is 0 Å². The van der Waals surface area contributed by atoms with E-state index in [0.717, 1.165) is 6.61 Å². The van der Waals surface area contributed by atoms with Crippen LogP contribution in [0.25, 0.3) is 0 Å². The van der Waals surface area contributed by atoms with E-state index in [2.05, 4.69) is 6.92 Å². The predicted octanol–water partition coefficient (Wildman–Crippen LogP) is -1.20. The van der Waals surface area contributed by atoms with Crippen LogP contribution in [0, 0.1) is 0 Å². The van der Waals surface area contributed by atoms with Crippen LogP contribution in [0.4, 0.5) is 0 Å². The Balaban J connectivity index is 0.000000140. The van der Waals surface area contributed by atoms with Crippen LogP contribution in [0.2, 0.25) is 0 Å². The van der Waals surface area contributed by atoms with Gasteiger partial charge in [-0.1, -0.05) is 0 Å². The third-order valence-electron chi connectivity index (χ3n) is 1.76. The first-order valence-electron chi connectivity index (χ1n) is 5.15. The minimum Gasteiger partial charge on any atom is -0.373 e. The lowest BCUT2D eigenvalue weighted by atomic mass is 10.6. The molecule has 0 aromatic carbocycles. The maximum Gasteiger partial charge on any atom is 0.250 e. The molecule has 0 radical (unpaired) electrons. The summed E-state index contributed by atoms with van der Waals surface area (Å²) in [5.74, 6) is -1.31. The van der Waals surface area contributed by atoms with Gasteiger partial charge in [-0.05, 0) is 6.92 Å². The molecule has 0 bridgehead atoms. The quantitative estimate of drug-likeness (QED) is 0.416. The molecule has 0 saturated carbocycles. The maximum atomic E-state index is 10.0. The Morgan fingerprint density at radius 3 is 1.17 bits per heavy atom. The molecule has 0 aromatic rings. The monoisotopic (exact) mass is 252 g/mol. The topological polar surface area (TPSA) is 105 Å².